The zero-order chi connectivity index (χ0) is 14.0. The quantitative estimate of drug-likeness (QED) is 0.627. The number of nitrogens with zero attached hydrogens (tertiary/aromatic N) is 1. The molecule has 0 aromatic heterocycles. The molecule has 0 bridgehead atoms. The summed E-state index contributed by atoms with van der Waals surface area (Å²) in [5.74, 6) is -0.429. The summed E-state index contributed by atoms with van der Waals surface area (Å²) >= 11 is 5.05. The van der Waals surface area contributed by atoms with Gasteiger partial charge in [0.2, 0.25) is 0 Å². The molecule has 1 saturated heterocycles. The third-order valence-electron chi connectivity index (χ3n) is 3.39. The molecule has 2 rings (SSSR count). The largest absolute Gasteiger partial charge is 0.392 e. The molecule has 0 aromatic carbocycles. The molecule has 7 heteroatoms. The predicted octanol–water partition coefficient (Wildman–Crippen LogP) is 2.87. The first-order chi connectivity index (χ1) is 8.88. The molecule has 0 unspecified atom stereocenters. The Morgan fingerprint density at radius 1 is 1.32 bits per heavy atom. The van der Waals surface area contributed by atoms with Gasteiger partial charge in [0.05, 0.1) is 6.42 Å². The number of amides is 1. The molecule has 1 aliphatic carbocycles. The summed E-state index contributed by atoms with van der Waals surface area (Å²) in [6.45, 7) is 0. The fourth-order valence-electron chi connectivity index (χ4n) is 2.48. The van der Waals surface area contributed by atoms with Crippen molar-refractivity contribution in [1.82, 2.24) is 10.2 Å². The zero-order valence-corrected chi connectivity index (χ0v) is 11.1. The Balaban J connectivity index is 2.07. The van der Waals surface area contributed by atoms with E-state index in [1.807, 2.05) is 0 Å². The molecule has 0 spiro atoms. The summed E-state index contributed by atoms with van der Waals surface area (Å²) in [5, 5.41) is 2.82. The summed E-state index contributed by atoms with van der Waals surface area (Å²) < 4.78 is 36.5. The molecular formula is C12H15F3N2OS. The number of rotatable bonds is 2. The maximum absolute atomic E-state index is 12.2. The molecule has 0 atom stereocenters. The van der Waals surface area contributed by atoms with E-state index in [0.29, 0.717) is 0 Å². The zero-order valence-electron chi connectivity index (χ0n) is 10.3. The molecular weight excluding hydrogens is 277 g/mol. The fourth-order valence-corrected chi connectivity index (χ4v) is 2.82. The minimum atomic E-state index is -4.31. The summed E-state index contributed by atoms with van der Waals surface area (Å²) in [7, 11) is 0. The van der Waals surface area contributed by atoms with Crippen LogP contribution in [0.5, 0.6) is 0 Å². The van der Waals surface area contributed by atoms with Gasteiger partial charge in [-0.1, -0.05) is 19.3 Å². The molecule has 0 radical (unpaired) electrons. The summed E-state index contributed by atoms with van der Waals surface area (Å²) in [6, 6.07) is 0.0260. The fraction of sp³-hybridized carbons (Fsp3) is 0.667. The highest BCUT2D eigenvalue weighted by molar-refractivity contribution is 7.80. The van der Waals surface area contributed by atoms with Crippen molar-refractivity contribution in [3.05, 3.63) is 11.8 Å². The van der Waals surface area contributed by atoms with Gasteiger partial charge in [-0.25, -0.2) is 0 Å². The molecule has 2 aliphatic rings. The standard InChI is InChI=1S/C12H15F3N2OS/c13-12(14,15)7-6-9-10(18)17(11(19)16-9)8-4-2-1-3-5-8/h6,8H,1-5,7H2,(H,16,19)/b9-6+. The lowest BCUT2D eigenvalue weighted by molar-refractivity contribution is -0.126. The molecule has 1 saturated carbocycles. The van der Waals surface area contributed by atoms with Gasteiger partial charge in [-0.15, -0.1) is 0 Å². The predicted molar refractivity (Wildman–Crippen MR) is 68.2 cm³/mol. The van der Waals surface area contributed by atoms with Gasteiger partial charge in [0, 0.05) is 6.04 Å². The van der Waals surface area contributed by atoms with Crippen LogP contribution in [0.1, 0.15) is 38.5 Å². The van der Waals surface area contributed by atoms with Crippen LogP contribution < -0.4 is 5.32 Å². The molecule has 1 N–H and O–H groups in total. The number of thiocarbonyl (C=S) groups is 1. The third-order valence-corrected chi connectivity index (χ3v) is 3.69. The van der Waals surface area contributed by atoms with Crippen LogP contribution in [-0.4, -0.2) is 28.1 Å². The summed E-state index contributed by atoms with van der Waals surface area (Å²) in [5.41, 5.74) is -0.0482. The van der Waals surface area contributed by atoms with Crippen LogP contribution in [0.3, 0.4) is 0 Å². The van der Waals surface area contributed by atoms with E-state index in [1.54, 1.807) is 0 Å². The van der Waals surface area contributed by atoms with Crippen molar-refractivity contribution >= 4 is 23.2 Å². The number of hydrogen-bond donors (Lipinski definition) is 1. The second-order valence-corrected chi connectivity index (χ2v) is 5.22. The van der Waals surface area contributed by atoms with Gasteiger partial charge in [-0.2, -0.15) is 13.2 Å². The highest BCUT2D eigenvalue weighted by atomic mass is 32.1. The van der Waals surface area contributed by atoms with E-state index < -0.39 is 18.5 Å². The van der Waals surface area contributed by atoms with Gasteiger partial charge in [0.1, 0.15) is 5.70 Å². The second-order valence-electron chi connectivity index (χ2n) is 4.83. The van der Waals surface area contributed by atoms with Crippen LogP contribution >= 0.6 is 12.2 Å². The van der Waals surface area contributed by atoms with Crippen LogP contribution in [0.2, 0.25) is 0 Å². The Bertz CT molecular complexity index is 414. The van der Waals surface area contributed by atoms with Gasteiger partial charge in [0.15, 0.2) is 5.11 Å². The molecule has 3 nitrogen and oxygen atoms in total. The minimum absolute atomic E-state index is 0.0260. The van der Waals surface area contributed by atoms with E-state index >= 15 is 0 Å². The lowest BCUT2D eigenvalue weighted by atomic mass is 9.94. The first kappa shape index (κ1) is 14.3. The first-order valence-corrected chi connectivity index (χ1v) is 6.71. The van der Waals surface area contributed by atoms with Gasteiger partial charge in [0.25, 0.3) is 5.91 Å². The van der Waals surface area contributed by atoms with Gasteiger partial charge in [-0.3, -0.25) is 9.69 Å². The smallest absolute Gasteiger partial charge is 0.328 e. The number of nitrogens with one attached hydrogen (secondary N) is 1. The average Bonchev–Trinajstić information content (AvgIpc) is 2.62. The highest BCUT2D eigenvalue weighted by Gasteiger charge is 2.37. The van der Waals surface area contributed by atoms with Gasteiger partial charge < -0.3 is 5.32 Å². The lowest BCUT2D eigenvalue weighted by Crippen LogP contribution is -2.41. The number of carbonyl (C=O) groups is 1. The van der Waals surface area contributed by atoms with Crippen LogP contribution in [0.15, 0.2) is 11.8 Å². The monoisotopic (exact) mass is 292 g/mol. The number of carbonyl (C=O) groups excluding carboxylic acids is 1. The van der Waals surface area contributed by atoms with E-state index in [-0.39, 0.29) is 16.9 Å². The Hall–Kier alpha value is -1.11. The van der Waals surface area contributed by atoms with Crippen LogP contribution in [0.25, 0.3) is 0 Å². The summed E-state index contributed by atoms with van der Waals surface area (Å²) in [4.78, 5) is 13.5. The van der Waals surface area contributed by atoms with Gasteiger partial charge in [-0.05, 0) is 31.1 Å². The Morgan fingerprint density at radius 3 is 2.53 bits per heavy atom. The van der Waals surface area contributed by atoms with Crippen molar-refractivity contribution in [3.63, 3.8) is 0 Å². The third kappa shape index (κ3) is 3.46. The van der Waals surface area contributed by atoms with Crippen LogP contribution in [0, 0.1) is 0 Å². The van der Waals surface area contributed by atoms with Crippen molar-refractivity contribution in [2.24, 2.45) is 0 Å². The highest BCUT2D eigenvalue weighted by Crippen LogP contribution is 2.27. The molecule has 2 fully saturated rings. The lowest BCUT2D eigenvalue weighted by Gasteiger charge is -2.29. The van der Waals surface area contributed by atoms with Crippen molar-refractivity contribution in [1.29, 1.82) is 0 Å². The van der Waals surface area contributed by atoms with Crippen molar-refractivity contribution < 1.29 is 18.0 Å². The van der Waals surface area contributed by atoms with E-state index in [9.17, 15) is 18.0 Å². The average molecular weight is 292 g/mol. The molecule has 106 valence electrons. The number of halogens is 3. The number of allylic oxidation sites excluding steroid dienone is 1. The molecule has 0 aromatic rings. The van der Waals surface area contributed by atoms with Crippen molar-refractivity contribution in [2.75, 3.05) is 0 Å². The SMILES string of the molecule is O=C1/C(=C\CC(F)(F)F)NC(=S)N1C1CCCCC1. The van der Waals surface area contributed by atoms with Crippen LogP contribution in [-0.2, 0) is 4.79 Å². The van der Waals surface area contributed by atoms with Crippen LogP contribution in [0.4, 0.5) is 13.2 Å². The topological polar surface area (TPSA) is 32.3 Å². The Kier molecular flexibility index (Phi) is 4.13. The first-order valence-electron chi connectivity index (χ1n) is 6.30. The normalized spacial score (nSPS) is 24.2. The maximum Gasteiger partial charge on any atom is 0.392 e. The Morgan fingerprint density at radius 2 is 1.95 bits per heavy atom. The van der Waals surface area contributed by atoms with E-state index in [0.717, 1.165) is 38.2 Å². The van der Waals surface area contributed by atoms with E-state index in [2.05, 4.69) is 5.32 Å². The van der Waals surface area contributed by atoms with E-state index in [1.165, 1.54) is 4.90 Å². The van der Waals surface area contributed by atoms with Crippen molar-refractivity contribution in [2.45, 2.75) is 50.7 Å². The minimum Gasteiger partial charge on any atom is -0.328 e. The van der Waals surface area contributed by atoms with E-state index in [4.69, 9.17) is 12.2 Å². The number of hydrogen-bond acceptors (Lipinski definition) is 2. The molecule has 1 heterocycles. The second kappa shape index (κ2) is 5.48. The van der Waals surface area contributed by atoms with Crippen molar-refractivity contribution in [3.8, 4) is 0 Å². The Labute approximate surface area is 114 Å². The number of alkyl halides is 3. The molecule has 1 aliphatic heterocycles. The molecule has 19 heavy (non-hydrogen) atoms. The molecule has 1 amide bonds. The maximum atomic E-state index is 12.2. The van der Waals surface area contributed by atoms with Gasteiger partial charge >= 0.3 is 6.18 Å². The summed E-state index contributed by atoms with van der Waals surface area (Å²) in [6.07, 6.45) is 0.349.